The molecule has 3 rings (SSSR count). The minimum atomic E-state index is -1.31. The molecule has 0 unspecified atom stereocenters. The van der Waals surface area contributed by atoms with Gasteiger partial charge in [-0.1, -0.05) is 173 Å². The van der Waals surface area contributed by atoms with Gasteiger partial charge in [-0.25, -0.2) is 0 Å². The molecule has 48 heavy (non-hydrogen) atoms. The lowest BCUT2D eigenvalue weighted by Gasteiger charge is -2.20. The summed E-state index contributed by atoms with van der Waals surface area (Å²) < 4.78 is 13.2. The Balaban J connectivity index is 1.56. The molecule has 0 aliphatic carbocycles. The standard InChI is InChI=1S/C45H69O2P/c1-4-7-10-13-16-19-22-25-40-28-34-43(35-29-40)46-48(45-38-32-42(33-39-45)27-24-21-18-15-12-9-6-3)47-44-36-30-41(31-37-44)26-23-20-17-14-11-8-5-2/h28-39H,4-27H2,1-3H3. The summed E-state index contributed by atoms with van der Waals surface area (Å²) in [7, 11) is -1.31. The quantitative estimate of drug-likeness (QED) is 0.0540. The molecule has 0 aliphatic heterocycles. The third kappa shape index (κ3) is 17.9. The highest BCUT2D eigenvalue weighted by atomic mass is 31.2. The van der Waals surface area contributed by atoms with E-state index in [2.05, 4.69) is 93.6 Å². The summed E-state index contributed by atoms with van der Waals surface area (Å²) in [6.07, 6.45) is 31.7. The monoisotopic (exact) mass is 673 g/mol. The van der Waals surface area contributed by atoms with Gasteiger partial charge in [0, 0.05) is 0 Å². The van der Waals surface area contributed by atoms with Crippen LogP contribution in [0.3, 0.4) is 0 Å². The van der Waals surface area contributed by atoms with Gasteiger partial charge in [-0.15, -0.1) is 0 Å². The van der Waals surface area contributed by atoms with Gasteiger partial charge in [-0.05, 0) is 91.6 Å². The Labute approximate surface area is 297 Å². The second kappa shape index (κ2) is 26.5. The van der Waals surface area contributed by atoms with Crippen molar-refractivity contribution in [2.24, 2.45) is 0 Å². The summed E-state index contributed by atoms with van der Waals surface area (Å²) in [5.41, 5.74) is 4.20. The number of unbranched alkanes of at least 4 members (excludes halogenated alkanes) is 18. The molecule has 0 fully saturated rings. The fourth-order valence-electron chi connectivity index (χ4n) is 6.39. The molecule has 3 aromatic rings. The van der Waals surface area contributed by atoms with E-state index < -0.39 is 8.38 Å². The largest absolute Gasteiger partial charge is 0.435 e. The maximum absolute atomic E-state index is 6.62. The van der Waals surface area contributed by atoms with Gasteiger partial charge in [0.05, 0.1) is 5.30 Å². The average molecular weight is 673 g/mol. The van der Waals surface area contributed by atoms with E-state index in [9.17, 15) is 0 Å². The van der Waals surface area contributed by atoms with Crippen molar-refractivity contribution in [1.29, 1.82) is 0 Å². The summed E-state index contributed by atoms with van der Waals surface area (Å²) in [5, 5.41) is 1.12. The zero-order valence-corrected chi connectivity index (χ0v) is 32.1. The number of hydrogen-bond acceptors (Lipinski definition) is 2. The molecule has 0 spiro atoms. The van der Waals surface area contributed by atoms with E-state index in [1.165, 1.54) is 152 Å². The Hall–Kier alpha value is -2.31. The molecule has 0 amide bonds. The summed E-state index contributed by atoms with van der Waals surface area (Å²) in [5.74, 6) is 1.76. The maximum atomic E-state index is 6.62. The minimum Gasteiger partial charge on any atom is -0.435 e. The summed E-state index contributed by atoms with van der Waals surface area (Å²) in [4.78, 5) is 0. The van der Waals surface area contributed by atoms with Crippen molar-refractivity contribution in [3.8, 4) is 11.5 Å². The van der Waals surface area contributed by atoms with Crippen LogP contribution < -0.4 is 14.4 Å². The Bertz CT molecular complexity index is 1090. The summed E-state index contributed by atoms with van der Waals surface area (Å²) in [6.45, 7) is 6.85. The SMILES string of the molecule is CCCCCCCCCc1ccc(OP(Oc2ccc(CCCCCCCCC)cc2)c2ccc(CCCCCCCCC)cc2)cc1. The van der Waals surface area contributed by atoms with E-state index in [1.54, 1.807) is 0 Å². The third-order valence-corrected chi connectivity index (χ3v) is 11.1. The van der Waals surface area contributed by atoms with Crippen molar-refractivity contribution in [2.75, 3.05) is 0 Å². The first-order chi connectivity index (χ1) is 23.7. The first kappa shape index (κ1) is 40.1. The van der Waals surface area contributed by atoms with Crippen LogP contribution in [0.1, 0.15) is 172 Å². The average Bonchev–Trinajstić information content (AvgIpc) is 3.12. The highest BCUT2D eigenvalue weighted by Crippen LogP contribution is 2.40. The molecule has 0 saturated carbocycles. The van der Waals surface area contributed by atoms with E-state index in [1.807, 2.05) is 0 Å². The van der Waals surface area contributed by atoms with E-state index in [-0.39, 0.29) is 0 Å². The van der Waals surface area contributed by atoms with Gasteiger partial charge in [0.15, 0.2) is 0 Å². The first-order valence-electron chi connectivity index (χ1n) is 20.1. The molecule has 2 nitrogen and oxygen atoms in total. The Kier molecular flexibility index (Phi) is 22.2. The lowest BCUT2D eigenvalue weighted by molar-refractivity contribution is 0.501. The Morgan fingerprint density at radius 3 is 0.917 bits per heavy atom. The molecule has 266 valence electrons. The van der Waals surface area contributed by atoms with Crippen LogP contribution in [-0.2, 0) is 19.3 Å². The molecule has 0 aliphatic rings. The Morgan fingerprint density at radius 2 is 0.604 bits per heavy atom. The molecule has 3 heteroatoms. The lowest BCUT2D eigenvalue weighted by atomic mass is 10.0. The van der Waals surface area contributed by atoms with Gasteiger partial charge >= 0.3 is 8.38 Å². The van der Waals surface area contributed by atoms with Crippen molar-refractivity contribution >= 4 is 13.7 Å². The highest BCUT2D eigenvalue weighted by molar-refractivity contribution is 7.56. The van der Waals surface area contributed by atoms with Gasteiger partial charge in [-0.2, -0.15) is 0 Å². The van der Waals surface area contributed by atoms with Crippen LogP contribution in [0, 0.1) is 0 Å². The molecule has 0 radical (unpaired) electrons. The van der Waals surface area contributed by atoms with Crippen LogP contribution in [0.4, 0.5) is 0 Å². The second-order valence-electron chi connectivity index (χ2n) is 14.0. The maximum Gasteiger partial charge on any atom is 0.326 e. The van der Waals surface area contributed by atoms with Crippen molar-refractivity contribution in [2.45, 2.75) is 175 Å². The number of rotatable bonds is 29. The van der Waals surface area contributed by atoms with E-state index in [0.29, 0.717) is 0 Å². The zero-order valence-electron chi connectivity index (χ0n) is 31.2. The molecular weight excluding hydrogens is 603 g/mol. The first-order valence-corrected chi connectivity index (χ1v) is 21.3. The van der Waals surface area contributed by atoms with Crippen LogP contribution in [-0.4, -0.2) is 0 Å². The molecule has 0 aromatic heterocycles. The fraction of sp³-hybridized carbons (Fsp3) is 0.600. The molecule has 0 N–H and O–H groups in total. The van der Waals surface area contributed by atoms with Crippen LogP contribution >= 0.6 is 8.38 Å². The van der Waals surface area contributed by atoms with E-state index >= 15 is 0 Å². The molecule has 0 bridgehead atoms. The number of benzene rings is 3. The molecule has 3 aromatic carbocycles. The van der Waals surface area contributed by atoms with Gasteiger partial charge in [0.1, 0.15) is 11.5 Å². The molecular formula is C45H69O2P. The van der Waals surface area contributed by atoms with Gasteiger partial charge in [0.2, 0.25) is 0 Å². The number of aryl methyl sites for hydroxylation is 3. The predicted molar refractivity (Wildman–Crippen MR) is 212 cm³/mol. The van der Waals surface area contributed by atoms with E-state index in [0.717, 1.165) is 36.1 Å². The van der Waals surface area contributed by atoms with Crippen LogP contribution in [0.5, 0.6) is 11.5 Å². The highest BCUT2D eigenvalue weighted by Gasteiger charge is 2.19. The lowest BCUT2D eigenvalue weighted by Crippen LogP contribution is -2.10. The number of hydrogen-bond donors (Lipinski definition) is 0. The third-order valence-electron chi connectivity index (χ3n) is 9.58. The van der Waals surface area contributed by atoms with E-state index in [4.69, 9.17) is 9.05 Å². The Morgan fingerprint density at radius 1 is 0.333 bits per heavy atom. The predicted octanol–water partition coefficient (Wildman–Crippen LogP) is 14.7. The van der Waals surface area contributed by atoms with Gasteiger partial charge < -0.3 is 9.05 Å². The molecule has 0 atom stereocenters. The van der Waals surface area contributed by atoms with Crippen molar-refractivity contribution in [3.05, 3.63) is 89.5 Å². The van der Waals surface area contributed by atoms with Crippen LogP contribution in [0.25, 0.3) is 0 Å². The second-order valence-corrected chi connectivity index (χ2v) is 15.4. The summed E-state index contributed by atoms with van der Waals surface area (Å²) >= 11 is 0. The minimum absolute atomic E-state index is 0.882. The van der Waals surface area contributed by atoms with Crippen molar-refractivity contribution in [1.82, 2.24) is 0 Å². The van der Waals surface area contributed by atoms with Gasteiger partial charge in [-0.3, -0.25) is 0 Å². The topological polar surface area (TPSA) is 18.5 Å². The normalized spacial score (nSPS) is 11.3. The van der Waals surface area contributed by atoms with Gasteiger partial charge in [0.25, 0.3) is 0 Å². The molecule has 0 saturated heterocycles. The van der Waals surface area contributed by atoms with Crippen molar-refractivity contribution < 1.29 is 9.05 Å². The van der Waals surface area contributed by atoms with Crippen LogP contribution in [0.15, 0.2) is 72.8 Å². The molecule has 0 heterocycles. The zero-order chi connectivity index (χ0) is 33.9. The summed E-state index contributed by atoms with van der Waals surface area (Å²) in [6, 6.07) is 26.5. The fourth-order valence-corrected chi connectivity index (χ4v) is 7.66. The smallest absolute Gasteiger partial charge is 0.326 e. The van der Waals surface area contributed by atoms with Crippen molar-refractivity contribution in [3.63, 3.8) is 0 Å². The van der Waals surface area contributed by atoms with Crippen LogP contribution in [0.2, 0.25) is 0 Å².